The third kappa shape index (κ3) is 3.59. The molecule has 1 N–H and O–H groups in total. The van der Waals surface area contributed by atoms with Crippen LogP contribution < -0.4 is 14.8 Å². The SMILES string of the molecule is COc1cc2c(cc1OC)C(NC(C)(C)CC(C)=O)=NCC2. The number of amidine groups is 1. The minimum atomic E-state index is -0.341. The van der Waals surface area contributed by atoms with E-state index in [-0.39, 0.29) is 11.3 Å². The van der Waals surface area contributed by atoms with Crippen molar-refractivity contribution in [1.29, 1.82) is 0 Å². The number of carbonyl (C=O) groups is 1. The average molecular weight is 304 g/mol. The van der Waals surface area contributed by atoms with E-state index in [1.165, 1.54) is 5.56 Å². The molecule has 1 aliphatic heterocycles. The second-order valence-electron chi connectivity index (χ2n) is 6.23. The number of benzene rings is 1. The lowest BCUT2D eigenvalue weighted by Gasteiger charge is -2.30. The van der Waals surface area contributed by atoms with Crippen LogP contribution in [0.3, 0.4) is 0 Å². The van der Waals surface area contributed by atoms with Gasteiger partial charge in [-0.15, -0.1) is 0 Å². The molecule has 0 saturated carbocycles. The Bertz CT molecular complexity index is 606. The standard InChI is InChI=1S/C17H24N2O3/c1-11(20)10-17(2,3)19-16-13-9-15(22-5)14(21-4)8-12(13)6-7-18-16/h8-9H,6-7,10H2,1-5H3,(H,18,19). The highest BCUT2D eigenvalue weighted by Gasteiger charge is 2.25. The molecule has 1 heterocycles. The van der Waals surface area contributed by atoms with Crippen LogP contribution in [0.1, 0.15) is 38.3 Å². The van der Waals surface area contributed by atoms with Crippen molar-refractivity contribution in [2.24, 2.45) is 4.99 Å². The largest absolute Gasteiger partial charge is 0.493 e. The number of hydrogen-bond acceptors (Lipinski definition) is 5. The number of rotatable bonds is 5. The van der Waals surface area contributed by atoms with E-state index in [4.69, 9.17) is 9.47 Å². The van der Waals surface area contributed by atoms with E-state index in [9.17, 15) is 4.79 Å². The number of Topliss-reactive ketones (excluding diaryl/α,β-unsaturated/α-hetero) is 1. The summed E-state index contributed by atoms with van der Waals surface area (Å²) in [7, 11) is 3.26. The molecule has 0 fully saturated rings. The van der Waals surface area contributed by atoms with Gasteiger partial charge in [0.05, 0.1) is 14.2 Å². The zero-order valence-electron chi connectivity index (χ0n) is 13.9. The zero-order chi connectivity index (χ0) is 16.3. The van der Waals surface area contributed by atoms with Crippen molar-refractivity contribution in [2.75, 3.05) is 20.8 Å². The minimum Gasteiger partial charge on any atom is -0.493 e. The van der Waals surface area contributed by atoms with E-state index < -0.39 is 0 Å². The summed E-state index contributed by atoms with van der Waals surface area (Å²) in [5.41, 5.74) is 1.85. The van der Waals surface area contributed by atoms with Crippen LogP contribution in [0.5, 0.6) is 11.5 Å². The van der Waals surface area contributed by atoms with Gasteiger partial charge in [0, 0.05) is 24.1 Å². The molecule has 0 bridgehead atoms. The van der Waals surface area contributed by atoms with Gasteiger partial charge in [-0.25, -0.2) is 0 Å². The Morgan fingerprint density at radius 2 is 1.91 bits per heavy atom. The smallest absolute Gasteiger partial charge is 0.161 e. The van der Waals surface area contributed by atoms with Gasteiger partial charge in [0.2, 0.25) is 0 Å². The first-order chi connectivity index (χ1) is 10.4. The van der Waals surface area contributed by atoms with Crippen LogP contribution in [0.15, 0.2) is 17.1 Å². The summed E-state index contributed by atoms with van der Waals surface area (Å²) in [5.74, 6) is 2.38. The van der Waals surface area contributed by atoms with Crippen molar-refractivity contribution in [2.45, 2.75) is 39.2 Å². The first kappa shape index (κ1) is 16.3. The Morgan fingerprint density at radius 3 is 2.50 bits per heavy atom. The van der Waals surface area contributed by atoms with Gasteiger partial charge < -0.3 is 14.8 Å². The summed E-state index contributed by atoms with van der Waals surface area (Å²) in [6.07, 6.45) is 1.32. The lowest BCUT2D eigenvalue weighted by molar-refractivity contribution is -0.118. The van der Waals surface area contributed by atoms with Gasteiger partial charge in [-0.3, -0.25) is 9.79 Å². The summed E-state index contributed by atoms with van der Waals surface area (Å²) in [6, 6.07) is 3.95. The molecule has 120 valence electrons. The second kappa shape index (κ2) is 6.38. The Labute approximate surface area is 131 Å². The van der Waals surface area contributed by atoms with Crippen LogP contribution in [-0.4, -0.2) is 37.9 Å². The van der Waals surface area contributed by atoms with Gasteiger partial charge in [0.15, 0.2) is 11.5 Å². The predicted octanol–water partition coefficient (Wildman–Crippen LogP) is 2.35. The Morgan fingerprint density at radius 1 is 1.27 bits per heavy atom. The Kier molecular flexibility index (Phi) is 4.74. The normalized spacial score (nSPS) is 14.0. The molecule has 0 aliphatic carbocycles. The van der Waals surface area contributed by atoms with Crippen molar-refractivity contribution in [3.8, 4) is 11.5 Å². The first-order valence-corrected chi connectivity index (χ1v) is 7.43. The number of ketones is 1. The van der Waals surface area contributed by atoms with Gasteiger partial charge in [-0.05, 0) is 44.9 Å². The fourth-order valence-electron chi connectivity index (χ4n) is 2.82. The molecule has 1 aromatic rings. The molecule has 0 amide bonds. The predicted molar refractivity (Wildman–Crippen MR) is 87.2 cm³/mol. The van der Waals surface area contributed by atoms with Crippen LogP contribution in [-0.2, 0) is 11.2 Å². The van der Waals surface area contributed by atoms with E-state index in [1.54, 1.807) is 21.1 Å². The molecule has 0 atom stereocenters. The van der Waals surface area contributed by atoms with Crippen LogP contribution in [0.4, 0.5) is 0 Å². The number of nitrogens with one attached hydrogen (secondary N) is 1. The number of nitrogens with zero attached hydrogens (tertiary/aromatic N) is 1. The quantitative estimate of drug-likeness (QED) is 0.907. The van der Waals surface area contributed by atoms with Crippen molar-refractivity contribution in [3.05, 3.63) is 23.3 Å². The third-order valence-corrected chi connectivity index (χ3v) is 3.66. The maximum Gasteiger partial charge on any atom is 0.161 e. The fourth-order valence-corrected chi connectivity index (χ4v) is 2.82. The lowest BCUT2D eigenvalue weighted by atomic mass is 9.95. The van der Waals surface area contributed by atoms with Crippen molar-refractivity contribution < 1.29 is 14.3 Å². The molecular weight excluding hydrogens is 280 g/mol. The Hall–Kier alpha value is -2.04. The maximum atomic E-state index is 11.4. The van der Waals surface area contributed by atoms with E-state index in [0.29, 0.717) is 12.2 Å². The molecule has 0 spiro atoms. The van der Waals surface area contributed by atoms with E-state index in [1.807, 2.05) is 26.0 Å². The molecule has 0 saturated heterocycles. The van der Waals surface area contributed by atoms with Crippen molar-refractivity contribution in [3.63, 3.8) is 0 Å². The molecule has 0 unspecified atom stereocenters. The summed E-state index contributed by atoms with van der Waals surface area (Å²) >= 11 is 0. The molecule has 0 aromatic heterocycles. The molecule has 1 aromatic carbocycles. The Balaban J connectivity index is 2.34. The minimum absolute atomic E-state index is 0.154. The molecule has 5 nitrogen and oxygen atoms in total. The highest BCUT2D eigenvalue weighted by molar-refractivity contribution is 6.02. The summed E-state index contributed by atoms with van der Waals surface area (Å²) in [5, 5.41) is 3.40. The van der Waals surface area contributed by atoms with Gasteiger partial charge in [-0.1, -0.05) is 0 Å². The highest BCUT2D eigenvalue weighted by atomic mass is 16.5. The number of fused-ring (bicyclic) bond motifs is 1. The molecule has 22 heavy (non-hydrogen) atoms. The van der Waals surface area contributed by atoms with E-state index in [0.717, 1.165) is 30.1 Å². The first-order valence-electron chi connectivity index (χ1n) is 7.43. The number of methoxy groups -OCH3 is 2. The van der Waals surface area contributed by atoms with Gasteiger partial charge in [0.1, 0.15) is 11.6 Å². The summed E-state index contributed by atoms with van der Waals surface area (Å²) in [4.78, 5) is 16.0. The number of carbonyl (C=O) groups excluding carboxylic acids is 1. The third-order valence-electron chi connectivity index (χ3n) is 3.66. The molecule has 0 radical (unpaired) electrons. The van der Waals surface area contributed by atoms with Crippen LogP contribution in [0.25, 0.3) is 0 Å². The van der Waals surface area contributed by atoms with Gasteiger partial charge in [-0.2, -0.15) is 0 Å². The summed E-state index contributed by atoms with van der Waals surface area (Å²) < 4.78 is 10.7. The molecule has 2 rings (SSSR count). The van der Waals surface area contributed by atoms with E-state index >= 15 is 0 Å². The van der Waals surface area contributed by atoms with Crippen molar-refractivity contribution >= 4 is 11.6 Å². The van der Waals surface area contributed by atoms with Crippen LogP contribution in [0, 0.1) is 0 Å². The monoisotopic (exact) mass is 304 g/mol. The van der Waals surface area contributed by atoms with Crippen LogP contribution >= 0.6 is 0 Å². The highest BCUT2D eigenvalue weighted by Crippen LogP contribution is 2.32. The fraction of sp³-hybridized carbons (Fsp3) is 0.529. The van der Waals surface area contributed by atoms with Crippen molar-refractivity contribution in [1.82, 2.24) is 5.32 Å². The summed E-state index contributed by atoms with van der Waals surface area (Å²) in [6.45, 7) is 6.34. The van der Waals surface area contributed by atoms with Gasteiger partial charge >= 0.3 is 0 Å². The maximum absolute atomic E-state index is 11.4. The molecule has 1 aliphatic rings. The number of ether oxygens (including phenoxy) is 2. The van der Waals surface area contributed by atoms with Gasteiger partial charge in [0.25, 0.3) is 0 Å². The molecular formula is C17H24N2O3. The number of hydrogen-bond donors (Lipinski definition) is 1. The van der Waals surface area contributed by atoms with E-state index in [2.05, 4.69) is 10.3 Å². The second-order valence-corrected chi connectivity index (χ2v) is 6.23. The lowest BCUT2D eigenvalue weighted by Crippen LogP contribution is -2.46. The zero-order valence-corrected chi connectivity index (χ0v) is 13.9. The topological polar surface area (TPSA) is 59.9 Å². The average Bonchev–Trinajstić information content (AvgIpc) is 2.44. The number of aliphatic imine (C=N–C) groups is 1. The molecule has 5 heteroatoms. The van der Waals surface area contributed by atoms with Crippen LogP contribution in [0.2, 0.25) is 0 Å².